The van der Waals surface area contributed by atoms with Crippen LogP contribution in [0.3, 0.4) is 0 Å². The zero-order valence-electron chi connectivity index (χ0n) is 14.2. The number of carbonyl (C=O) groups excluding carboxylic acids is 2. The fourth-order valence-corrected chi connectivity index (χ4v) is 2.58. The molecular formula is C18H27ClN2O3. The summed E-state index contributed by atoms with van der Waals surface area (Å²) in [5, 5.41) is 6.22. The van der Waals surface area contributed by atoms with Gasteiger partial charge >= 0.3 is 0 Å². The first-order chi connectivity index (χ1) is 11.2. The molecule has 0 bridgehead atoms. The number of nitrogens with one attached hydrogen (secondary N) is 2. The quantitative estimate of drug-likeness (QED) is 0.669. The van der Waals surface area contributed by atoms with Gasteiger partial charge in [0.1, 0.15) is 5.75 Å². The standard InChI is InChI=1S/C18H26N2O3.ClH/c1-2-12-23-16-7-5-14(6-8-16)17(21)9-10-18(22)20-13-15-4-3-11-19-15;/h5-8,15,19H,2-4,9-13H2,1H3,(H,20,22);1H. The van der Waals surface area contributed by atoms with E-state index in [1.54, 1.807) is 24.3 Å². The van der Waals surface area contributed by atoms with Crippen LogP contribution in [0.5, 0.6) is 5.75 Å². The van der Waals surface area contributed by atoms with Crippen LogP contribution in [0, 0.1) is 0 Å². The molecule has 1 aromatic rings. The molecule has 0 aromatic heterocycles. The Morgan fingerprint density at radius 2 is 2.00 bits per heavy atom. The third kappa shape index (κ3) is 6.89. The van der Waals surface area contributed by atoms with E-state index in [4.69, 9.17) is 4.74 Å². The molecule has 1 atom stereocenters. The Bertz CT molecular complexity index is 514. The van der Waals surface area contributed by atoms with Gasteiger partial charge < -0.3 is 15.4 Å². The van der Waals surface area contributed by atoms with Crippen LogP contribution in [0.25, 0.3) is 0 Å². The minimum absolute atomic E-state index is 0. The Labute approximate surface area is 149 Å². The predicted octanol–water partition coefficient (Wildman–Crippen LogP) is 2.73. The zero-order chi connectivity index (χ0) is 16.5. The van der Waals surface area contributed by atoms with Crippen molar-refractivity contribution < 1.29 is 14.3 Å². The number of hydrogen-bond acceptors (Lipinski definition) is 4. The molecule has 24 heavy (non-hydrogen) atoms. The van der Waals surface area contributed by atoms with Gasteiger partial charge in [0, 0.05) is 31.0 Å². The molecule has 2 rings (SSSR count). The second-order valence-corrected chi connectivity index (χ2v) is 5.89. The summed E-state index contributed by atoms with van der Waals surface area (Å²) in [6.45, 7) is 4.39. The number of benzene rings is 1. The molecule has 2 N–H and O–H groups in total. The van der Waals surface area contributed by atoms with Crippen molar-refractivity contribution in [3.05, 3.63) is 29.8 Å². The number of ketones is 1. The lowest BCUT2D eigenvalue weighted by Crippen LogP contribution is -2.37. The Kier molecular flexibility index (Phi) is 9.42. The van der Waals surface area contributed by atoms with E-state index in [-0.39, 0.29) is 36.9 Å². The van der Waals surface area contributed by atoms with Crippen molar-refractivity contribution in [2.45, 2.75) is 45.1 Å². The van der Waals surface area contributed by atoms with Gasteiger partial charge in [0.05, 0.1) is 6.61 Å². The molecule has 1 amide bonds. The lowest BCUT2D eigenvalue weighted by Gasteiger charge is -2.11. The molecule has 0 spiro atoms. The average Bonchev–Trinajstić information content (AvgIpc) is 3.10. The highest BCUT2D eigenvalue weighted by molar-refractivity contribution is 5.98. The van der Waals surface area contributed by atoms with Crippen LogP contribution < -0.4 is 15.4 Å². The van der Waals surface area contributed by atoms with E-state index in [0.717, 1.165) is 31.6 Å². The molecule has 1 aliphatic rings. The highest BCUT2D eigenvalue weighted by atomic mass is 35.5. The highest BCUT2D eigenvalue weighted by Gasteiger charge is 2.15. The molecule has 0 radical (unpaired) electrons. The van der Waals surface area contributed by atoms with Gasteiger partial charge in [0.25, 0.3) is 0 Å². The maximum atomic E-state index is 12.1. The number of rotatable bonds is 9. The fourth-order valence-electron chi connectivity index (χ4n) is 2.58. The summed E-state index contributed by atoms with van der Waals surface area (Å²) < 4.78 is 5.49. The van der Waals surface area contributed by atoms with Gasteiger partial charge in [0.15, 0.2) is 5.78 Å². The van der Waals surface area contributed by atoms with Crippen molar-refractivity contribution in [1.29, 1.82) is 0 Å². The van der Waals surface area contributed by atoms with Crippen LogP contribution in [-0.4, -0.2) is 37.4 Å². The van der Waals surface area contributed by atoms with Gasteiger partial charge in [0.2, 0.25) is 5.91 Å². The lowest BCUT2D eigenvalue weighted by molar-refractivity contribution is -0.121. The molecule has 6 heteroatoms. The molecule has 0 aliphatic carbocycles. The summed E-state index contributed by atoms with van der Waals surface area (Å²) >= 11 is 0. The maximum absolute atomic E-state index is 12.1. The summed E-state index contributed by atoms with van der Waals surface area (Å²) in [6, 6.07) is 7.50. The monoisotopic (exact) mass is 354 g/mol. The third-order valence-electron chi connectivity index (χ3n) is 3.94. The van der Waals surface area contributed by atoms with Crippen molar-refractivity contribution in [3.63, 3.8) is 0 Å². The Hall–Kier alpha value is -1.59. The topological polar surface area (TPSA) is 67.4 Å². The van der Waals surface area contributed by atoms with Crippen molar-refractivity contribution in [1.82, 2.24) is 10.6 Å². The van der Waals surface area contributed by atoms with Crippen molar-refractivity contribution in [2.24, 2.45) is 0 Å². The summed E-state index contributed by atoms with van der Waals surface area (Å²) in [5.41, 5.74) is 0.624. The second kappa shape index (κ2) is 11.0. The van der Waals surface area contributed by atoms with Gasteiger partial charge in [-0.3, -0.25) is 9.59 Å². The second-order valence-electron chi connectivity index (χ2n) is 5.89. The van der Waals surface area contributed by atoms with Gasteiger partial charge in [-0.1, -0.05) is 6.92 Å². The number of ether oxygens (including phenoxy) is 1. The van der Waals surface area contributed by atoms with E-state index in [0.29, 0.717) is 24.8 Å². The molecule has 5 nitrogen and oxygen atoms in total. The number of Topliss-reactive ketones (excluding diaryl/α,β-unsaturated/α-hetero) is 1. The van der Waals surface area contributed by atoms with E-state index in [1.807, 2.05) is 6.92 Å². The lowest BCUT2D eigenvalue weighted by atomic mass is 10.1. The SMILES string of the molecule is CCCOc1ccc(C(=O)CCC(=O)NCC2CCCN2)cc1.Cl. The molecular weight excluding hydrogens is 328 g/mol. The summed E-state index contributed by atoms with van der Waals surface area (Å²) in [5.74, 6) is 0.696. The fraction of sp³-hybridized carbons (Fsp3) is 0.556. The first-order valence-electron chi connectivity index (χ1n) is 8.45. The Morgan fingerprint density at radius 3 is 2.62 bits per heavy atom. The summed E-state index contributed by atoms with van der Waals surface area (Å²) in [4.78, 5) is 23.9. The Morgan fingerprint density at radius 1 is 1.25 bits per heavy atom. The average molecular weight is 355 g/mol. The van der Waals surface area contributed by atoms with E-state index in [2.05, 4.69) is 10.6 Å². The summed E-state index contributed by atoms with van der Waals surface area (Å²) in [6.07, 6.45) is 3.69. The number of halogens is 1. The first kappa shape index (κ1) is 20.5. The molecule has 1 heterocycles. The van der Waals surface area contributed by atoms with Crippen LogP contribution in [0.15, 0.2) is 24.3 Å². The number of hydrogen-bond donors (Lipinski definition) is 2. The number of carbonyl (C=O) groups is 2. The predicted molar refractivity (Wildman–Crippen MR) is 97.1 cm³/mol. The normalized spacial score (nSPS) is 16.3. The van der Waals surface area contributed by atoms with Crippen LogP contribution in [0.2, 0.25) is 0 Å². The highest BCUT2D eigenvalue weighted by Crippen LogP contribution is 2.14. The van der Waals surface area contributed by atoms with Gasteiger partial charge in [-0.15, -0.1) is 12.4 Å². The van der Waals surface area contributed by atoms with Crippen LogP contribution in [-0.2, 0) is 4.79 Å². The van der Waals surface area contributed by atoms with E-state index >= 15 is 0 Å². The largest absolute Gasteiger partial charge is 0.494 e. The third-order valence-corrected chi connectivity index (χ3v) is 3.94. The van der Waals surface area contributed by atoms with Crippen LogP contribution in [0.1, 0.15) is 49.4 Å². The summed E-state index contributed by atoms with van der Waals surface area (Å²) in [7, 11) is 0. The van der Waals surface area contributed by atoms with E-state index < -0.39 is 0 Å². The van der Waals surface area contributed by atoms with Crippen molar-refractivity contribution >= 4 is 24.1 Å². The van der Waals surface area contributed by atoms with Gasteiger partial charge in [-0.05, 0) is 50.1 Å². The minimum atomic E-state index is -0.0602. The minimum Gasteiger partial charge on any atom is -0.494 e. The smallest absolute Gasteiger partial charge is 0.220 e. The molecule has 1 unspecified atom stereocenters. The molecule has 134 valence electrons. The van der Waals surface area contributed by atoms with Gasteiger partial charge in [-0.2, -0.15) is 0 Å². The molecule has 1 aliphatic heterocycles. The first-order valence-corrected chi connectivity index (χ1v) is 8.45. The van der Waals surface area contributed by atoms with E-state index in [1.165, 1.54) is 0 Å². The van der Waals surface area contributed by atoms with E-state index in [9.17, 15) is 9.59 Å². The molecule has 0 saturated carbocycles. The van der Waals surface area contributed by atoms with Crippen LogP contribution in [0.4, 0.5) is 0 Å². The van der Waals surface area contributed by atoms with Crippen molar-refractivity contribution in [2.75, 3.05) is 19.7 Å². The van der Waals surface area contributed by atoms with Gasteiger partial charge in [-0.25, -0.2) is 0 Å². The molecule has 1 aromatic carbocycles. The maximum Gasteiger partial charge on any atom is 0.220 e. The molecule has 1 fully saturated rings. The van der Waals surface area contributed by atoms with Crippen molar-refractivity contribution in [3.8, 4) is 5.75 Å². The molecule has 1 saturated heterocycles. The Balaban J connectivity index is 0.00000288. The zero-order valence-corrected chi connectivity index (χ0v) is 15.0. The number of amides is 1. The van der Waals surface area contributed by atoms with Crippen LogP contribution >= 0.6 is 12.4 Å².